The molecule has 7 heteroatoms. The molecule has 2 rings (SSSR count). The van der Waals surface area contributed by atoms with Crippen LogP contribution >= 0.6 is 0 Å². The van der Waals surface area contributed by atoms with Crippen molar-refractivity contribution in [3.63, 3.8) is 0 Å². The van der Waals surface area contributed by atoms with E-state index < -0.39 is 34.9 Å². The summed E-state index contributed by atoms with van der Waals surface area (Å²) in [6.07, 6.45) is 1.60. The summed E-state index contributed by atoms with van der Waals surface area (Å²) in [4.78, 5) is 40.6. The number of nitrogens with one attached hydrogen (secondary N) is 2. The lowest BCUT2D eigenvalue weighted by Gasteiger charge is -2.40. The monoisotopic (exact) mass is 523 g/mol. The van der Waals surface area contributed by atoms with E-state index in [2.05, 4.69) is 34.9 Å². The number of aliphatic carboxylic acids is 1. The van der Waals surface area contributed by atoms with Crippen molar-refractivity contribution in [1.82, 2.24) is 15.5 Å². The number of carbonyl (C=O) groups is 3. The Morgan fingerprint density at radius 3 is 2.03 bits per heavy atom. The number of hydrogen-bond acceptors (Lipinski definition) is 4. The van der Waals surface area contributed by atoms with E-state index in [0.717, 1.165) is 16.3 Å². The fourth-order valence-corrected chi connectivity index (χ4v) is 4.88. The van der Waals surface area contributed by atoms with Gasteiger partial charge >= 0.3 is 5.97 Å². The lowest BCUT2D eigenvalue weighted by molar-refractivity contribution is -0.141. The third-order valence-corrected chi connectivity index (χ3v) is 7.40. The summed E-state index contributed by atoms with van der Waals surface area (Å²) in [5.74, 6) is -1.58. The summed E-state index contributed by atoms with van der Waals surface area (Å²) in [6.45, 7) is 15.2. The standard InChI is InChI=1S/C31H45N3O4/c1-19(2)24(17-20(3)29(37)38)34(10)28(36)26(30(4,5)6)33-27(35)25(32-9)31(7,8)23-16-15-21-13-11-12-14-22(21)18-23/h11-19,24-26,32H,1-10H3,(H,33,35)(H,37,38)/b20-17+/t24-,25+,26-/m1/s1. The lowest BCUT2D eigenvalue weighted by Crippen LogP contribution is -2.61. The first-order valence-electron chi connectivity index (χ1n) is 13.2. The molecule has 2 aromatic carbocycles. The van der Waals surface area contributed by atoms with Crippen molar-refractivity contribution in [2.24, 2.45) is 11.3 Å². The van der Waals surface area contributed by atoms with Gasteiger partial charge in [-0.05, 0) is 41.6 Å². The van der Waals surface area contributed by atoms with Crippen molar-refractivity contribution >= 4 is 28.6 Å². The molecule has 0 radical (unpaired) electrons. The molecule has 0 unspecified atom stereocenters. The Morgan fingerprint density at radius 2 is 1.53 bits per heavy atom. The fourth-order valence-electron chi connectivity index (χ4n) is 4.88. The number of likely N-dealkylation sites (N-methyl/N-ethyl adjacent to an activating group) is 2. The second kappa shape index (κ2) is 12.1. The van der Waals surface area contributed by atoms with Crippen LogP contribution in [0.4, 0.5) is 0 Å². The summed E-state index contributed by atoms with van der Waals surface area (Å²) >= 11 is 0. The predicted octanol–water partition coefficient (Wildman–Crippen LogP) is 4.75. The third-order valence-electron chi connectivity index (χ3n) is 7.40. The van der Waals surface area contributed by atoms with Gasteiger partial charge in [0.15, 0.2) is 0 Å². The maximum absolute atomic E-state index is 13.8. The smallest absolute Gasteiger partial charge is 0.331 e. The Hall–Kier alpha value is -3.19. The summed E-state index contributed by atoms with van der Waals surface area (Å²) in [7, 11) is 3.42. The van der Waals surface area contributed by atoms with Gasteiger partial charge < -0.3 is 20.6 Å². The average Bonchev–Trinajstić information content (AvgIpc) is 2.83. The highest BCUT2D eigenvalue weighted by Crippen LogP contribution is 2.31. The largest absolute Gasteiger partial charge is 0.478 e. The molecular formula is C31H45N3O4. The summed E-state index contributed by atoms with van der Waals surface area (Å²) < 4.78 is 0. The molecule has 0 aliphatic heterocycles. The van der Waals surface area contributed by atoms with Crippen LogP contribution in [0.1, 0.15) is 61.0 Å². The average molecular weight is 524 g/mol. The Bertz CT molecular complexity index is 1190. The van der Waals surface area contributed by atoms with Gasteiger partial charge in [0.05, 0.1) is 12.1 Å². The highest BCUT2D eigenvalue weighted by molar-refractivity contribution is 5.92. The molecule has 0 aliphatic carbocycles. The van der Waals surface area contributed by atoms with Crippen LogP contribution in [0.3, 0.4) is 0 Å². The SMILES string of the molecule is CN[C@@H](C(=O)N[C@H](C(=O)N(C)[C@H](/C=C(\C)C(=O)O)C(C)C)C(C)(C)C)C(C)(C)c1ccc2ccccc2c1. The molecule has 0 saturated carbocycles. The van der Waals surface area contributed by atoms with Crippen LogP contribution in [0.15, 0.2) is 54.1 Å². The van der Waals surface area contributed by atoms with Crippen LogP contribution in [-0.4, -0.2) is 60.0 Å². The second-order valence-corrected chi connectivity index (χ2v) is 12.2. The maximum Gasteiger partial charge on any atom is 0.331 e. The van der Waals surface area contributed by atoms with Crippen molar-refractivity contribution in [2.45, 2.75) is 78.9 Å². The van der Waals surface area contributed by atoms with Crippen molar-refractivity contribution in [2.75, 3.05) is 14.1 Å². The third kappa shape index (κ3) is 7.01. The molecule has 7 nitrogen and oxygen atoms in total. The molecule has 38 heavy (non-hydrogen) atoms. The quantitative estimate of drug-likeness (QED) is 0.391. The van der Waals surface area contributed by atoms with Gasteiger partial charge in [0, 0.05) is 18.0 Å². The number of benzene rings is 2. The first kappa shape index (κ1) is 31.0. The number of carboxylic acid groups (broad SMARTS) is 1. The molecule has 0 heterocycles. The van der Waals surface area contributed by atoms with Gasteiger partial charge in [0.25, 0.3) is 0 Å². The second-order valence-electron chi connectivity index (χ2n) is 12.2. The molecule has 0 saturated heterocycles. The van der Waals surface area contributed by atoms with Crippen molar-refractivity contribution in [3.05, 3.63) is 59.7 Å². The molecular weight excluding hydrogens is 478 g/mol. The van der Waals surface area contributed by atoms with Gasteiger partial charge in [-0.3, -0.25) is 9.59 Å². The van der Waals surface area contributed by atoms with Gasteiger partial charge in [0.2, 0.25) is 11.8 Å². The number of amides is 2. The maximum atomic E-state index is 13.8. The van der Waals surface area contributed by atoms with E-state index in [9.17, 15) is 19.5 Å². The molecule has 3 atom stereocenters. The van der Waals surface area contributed by atoms with Crippen LogP contribution in [0.5, 0.6) is 0 Å². The Morgan fingerprint density at radius 1 is 0.947 bits per heavy atom. The van der Waals surface area contributed by atoms with E-state index >= 15 is 0 Å². The minimum Gasteiger partial charge on any atom is -0.478 e. The fraction of sp³-hybridized carbons (Fsp3) is 0.516. The van der Waals surface area contributed by atoms with Crippen LogP contribution in [0.25, 0.3) is 10.8 Å². The summed E-state index contributed by atoms with van der Waals surface area (Å²) in [5, 5.41) is 17.8. The normalized spacial score (nSPS) is 15.2. The topological polar surface area (TPSA) is 98.7 Å². The molecule has 0 aromatic heterocycles. The Labute approximate surface area is 227 Å². The number of hydrogen-bond donors (Lipinski definition) is 3. The van der Waals surface area contributed by atoms with Crippen molar-refractivity contribution < 1.29 is 19.5 Å². The lowest BCUT2D eigenvalue weighted by atomic mass is 9.76. The van der Waals surface area contributed by atoms with Gasteiger partial charge in [-0.15, -0.1) is 0 Å². The van der Waals surface area contributed by atoms with E-state index in [1.807, 2.05) is 66.7 Å². The molecule has 0 fully saturated rings. The number of fused-ring (bicyclic) bond motifs is 1. The Kier molecular flexibility index (Phi) is 9.89. The van der Waals surface area contributed by atoms with Gasteiger partial charge in [-0.1, -0.05) is 97.0 Å². The zero-order valence-electron chi connectivity index (χ0n) is 24.5. The molecule has 3 N–H and O–H groups in total. The zero-order valence-corrected chi connectivity index (χ0v) is 24.5. The van der Waals surface area contributed by atoms with Crippen LogP contribution in [0.2, 0.25) is 0 Å². The van der Waals surface area contributed by atoms with Gasteiger partial charge in [-0.2, -0.15) is 0 Å². The zero-order chi connectivity index (χ0) is 29.0. The van der Waals surface area contributed by atoms with Gasteiger partial charge in [0.1, 0.15) is 6.04 Å². The van der Waals surface area contributed by atoms with Crippen molar-refractivity contribution in [1.29, 1.82) is 0 Å². The highest BCUT2D eigenvalue weighted by Gasteiger charge is 2.41. The van der Waals surface area contributed by atoms with Crippen LogP contribution in [0, 0.1) is 11.3 Å². The number of rotatable bonds is 10. The summed E-state index contributed by atoms with van der Waals surface area (Å²) in [6, 6.07) is 12.5. The predicted molar refractivity (Wildman–Crippen MR) is 154 cm³/mol. The first-order valence-corrected chi connectivity index (χ1v) is 13.2. The van der Waals surface area contributed by atoms with Gasteiger partial charge in [-0.25, -0.2) is 4.79 Å². The molecule has 0 spiro atoms. The van der Waals surface area contributed by atoms with Crippen molar-refractivity contribution in [3.8, 4) is 0 Å². The number of carboxylic acids is 1. The number of carbonyl (C=O) groups excluding carboxylic acids is 2. The molecule has 0 bridgehead atoms. The summed E-state index contributed by atoms with van der Waals surface area (Å²) in [5.41, 5.74) is 0.0179. The Balaban J connectivity index is 2.39. The minimum absolute atomic E-state index is 0.0218. The minimum atomic E-state index is -1.02. The molecule has 2 amide bonds. The van der Waals surface area contributed by atoms with E-state index in [4.69, 9.17) is 0 Å². The molecule has 208 valence electrons. The first-order chi connectivity index (χ1) is 17.5. The van der Waals surface area contributed by atoms with E-state index in [1.54, 1.807) is 25.1 Å². The van der Waals surface area contributed by atoms with E-state index in [1.165, 1.54) is 6.92 Å². The van der Waals surface area contributed by atoms with E-state index in [-0.39, 0.29) is 23.3 Å². The van der Waals surface area contributed by atoms with E-state index in [0.29, 0.717) is 0 Å². The molecule has 2 aromatic rings. The highest BCUT2D eigenvalue weighted by atomic mass is 16.4. The van der Waals surface area contributed by atoms with Crippen LogP contribution < -0.4 is 10.6 Å². The number of nitrogens with zero attached hydrogens (tertiary/aromatic N) is 1. The van der Waals surface area contributed by atoms with Crippen LogP contribution in [-0.2, 0) is 19.8 Å². The molecule has 0 aliphatic rings.